The molecule has 0 radical (unpaired) electrons. The third kappa shape index (κ3) is 4.55. The average Bonchev–Trinajstić information content (AvgIpc) is 2.26. The molecule has 106 valence electrons. The van der Waals surface area contributed by atoms with Gasteiger partial charge in [-0.25, -0.2) is 0 Å². The van der Waals surface area contributed by atoms with Gasteiger partial charge in [-0.3, -0.25) is 9.69 Å². The Morgan fingerprint density at radius 3 is 2.78 bits per heavy atom. The normalized spacial score (nSPS) is 25.7. The number of carbonyl (C=O) groups excluding carboxylic acids is 1. The SMILES string of the molecule is CNC(CCN1CC(C)OC(C)(C)C1)C(=O)OC. The molecule has 2 unspecified atom stereocenters. The molecule has 1 rings (SSSR count). The van der Waals surface area contributed by atoms with Crippen LogP contribution >= 0.6 is 0 Å². The van der Waals surface area contributed by atoms with Crippen molar-refractivity contribution in [2.75, 3.05) is 33.8 Å². The van der Waals surface area contributed by atoms with Crippen LogP contribution in [0, 0.1) is 0 Å². The van der Waals surface area contributed by atoms with E-state index in [2.05, 4.69) is 31.0 Å². The van der Waals surface area contributed by atoms with Gasteiger partial charge in [-0.15, -0.1) is 0 Å². The Bertz CT molecular complexity index is 281. The maximum atomic E-state index is 11.5. The lowest BCUT2D eigenvalue weighted by atomic mass is 10.0. The van der Waals surface area contributed by atoms with Crippen LogP contribution in [0.2, 0.25) is 0 Å². The molecule has 2 atom stereocenters. The summed E-state index contributed by atoms with van der Waals surface area (Å²) in [6, 6.07) is -0.226. The number of likely N-dealkylation sites (N-methyl/N-ethyl adjacent to an activating group) is 1. The Labute approximate surface area is 110 Å². The number of ether oxygens (including phenoxy) is 2. The highest BCUT2D eigenvalue weighted by atomic mass is 16.5. The van der Waals surface area contributed by atoms with Crippen LogP contribution in [-0.2, 0) is 14.3 Å². The van der Waals surface area contributed by atoms with Gasteiger partial charge in [-0.05, 0) is 34.2 Å². The van der Waals surface area contributed by atoms with E-state index in [0.29, 0.717) is 0 Å². The van der Waals surface area contributed by atoms with E-state index >= 15 is 0 Å². The van der Waals surface area contributed by atoms with Gasteiger partial charge in [0.25, 0.3) is 0 Å². The zero-order valence-electron chi connectivity index (χ0n) is 12.2. The fourth-order valence-corrected chi connectivity index (χ4v) is 2.59. The fraction of sp³-hybridized carbons (Fsp3) is 0.923. The highest BCUT2D eigenvalue weighted by Crippen LogP contribution is 2.20. The summed E-state index contributed by atoms with van der Waals surface area (Å²) >= 11 is 0. The van der Waals surface area contributed by atoms with Crippen molar-refractivity contribution in [1.82, 2.24) is 10.2 Å². The number of nitrogens with zero attached hydrogens (tertiary/aromatic N) is 1. The van der Waals surface area contributed by atoms with Gasteiger partial charge >= 0.3 is 5.97 Å². The lowest BCUT2D eigenvalue weighted by Crippen LogP contribution is -2.52. The number of rotatable bonds is 5. The predicted molar refractivity (Wildman–Crippen MR) is 70.5 cm³/mol. The van der Waals surface area contributed by atoms with Crippen LogP contribution in [0.5, 0.6) is 0 Å². The molecule has 0 amide bonds. The van der Waals surface area contributed by atoms with Crippen molar-refractivity contribution in [2.45, 2.75) is 44.9 Å². The number of hydrogen-bond donors (Lipinski definition) is 1. The first-order valence-corrected chi connectivity index (χ1v) is 6.53. The first-order valence-electron chi connectivity index (χ1n) is 6.53. The van der Waals surface area contributed by atoms with Crippen LogP contribution in [0.15, 0.2) is 0 Å². The second-order valence-electron chi connectivity index (χ2n) is 5.58. The molecular weight excluding hydrogens is 232 g/mol. The van der Waals surface area contributed by atoms with E-state index in [0.717, 1.165) is 26.1 Å². The first-order chi connectivity index (χ1) is 8.38. The smallest absolute Gasteiger partial charge is 0.322 e. The second kappa shape index (κ2) is 6.50. The zero-order chi connectivity index (χ0) is 13.8. The van der Waals surface area contributed by atoms with Gasteiger partial charge in [0.05, 0.1) is 18.8 Å². The van der Waals surface area contributed by atoms with Gasteiger partial charge in [0.1, 0.15) is 6.04 Å². The number of carbonyl (C=O) groups is 1. The summed E-state index contributed by atoms with van der Waals surface area (Å²) in [6.07, 6.45) is 0.992. The summed E-state index contributed by atoms with van der Waals surface area (Å²) in [6.45, 7) is 8.98. The predicted octanol–water partition coefficient (Wildman–Crippen LogP) is 0.637. The van der Waals surface area contributed by atoms with Gasteiger partial charge in [0.2, 0.25) is 0 Å². The Hall–Kier alpha value is -0.650. The molecule has 1 aliphatic heterocycles. The van der Waals surface area contributed by atoms with Crippen LogP contribution in [0.1, 0.15) is 27.2 Å². The van der Waals surface area contributed by atoms with E-state index in [1.54, 1.807) is 7.05 Å². The number of methoxy groups -OCH3 is 1. The Kier molecular flexibility index (Phi) is 5.56. The molecular formula is C13H26N2O3. The van der Waals surface area contributed by atoms with Gasteiger partial charge in [0.15, 0.2) is 0 Å². The molecule has 18 heavy (non-hydrogen) atoms. The molecule has 0 aromatic rings. The highest BCUT2D eigenvalue weighted by molar-refractivity contribution is 5.75. The second-order valence-corrected chi connectivity index (χ2v) is 5.58. The van der Waals surface area contributed by atoms with Crippen LogP contribution in [0.4, 0.5) is 0 Å². The van der Waals surface area contributed by atoms with E-state index in [1.807, 2.05) is 0 Å². The summed E-state index contributed by atoms with van der Waals surface area (Å²) in [5.41, 5.74) is -0.113. The fourth-order valence-electron chi connectivity index (χ4n) is 2.59. The number of hydrogen-bond acceptors (Lipinski definition) is 5. The maximum Gasteiger partial charge on any atom is 0.322 e. The summed E-state index contributed by atoms with van der Waals surface area (Å²) in [5, 5.41) is 2.99. The Morgan fingerprint density at radius 2 is 2.28 bits per heavy atom. The standard InChI is InChI=1S/C13H26N2O3/c1-10-8-15(9-13(2,3)18-10)7-6-11(14-4)12(16)17-5/h10-11,14H,6-9H2,1-5H3. The Balaban J connectivity index is 2.44. The van der Waals surface area contributed by atoms with Crippen molar-refractivity contribution >= 4 is 5.97 Å². The molecule has 1 heterocycles. The van der Waals surface area contributed by atoms with E-state index in [-0.39, 0.29) is 23.7 Å². The van der Waals surface area contributed by atoms with E-state index in [9.17, 15) is 4.79 Å². The van der Waals surface area contributed by atoms with E-state index < -0.39 is 0 Å². The van der Waals surface area contributed by atoms with Gasteiger partial charge < -0.3 is 14.8 Å². The number of esters is 1. The number of morpholine rings is 1. The van der Waals surface area contributed by atoms with Crippen molar-refractivity contribution in [2.24, 2.45) is 0 Å². The molecule has 0 aromatic heterocycles. The van der Waals surface area contributed by atoms with Crippen LogP contribution in [0.25, 0.3) is 0 Å². The van der Waals surface area contributed by atoms with Crippen molar-refractivity contribution in [3.05, 3.63) is 0 Å². The Morgan fingerprint density at radius 1 is 1.61 bits per heavy atom. The highest BCUT2D eigenvalue weighted by Gasteiger charge is 2.31. The van der Waals surface area contributed by atoms with Crippen LogP contribution in [-0.4, -0.2) is 62.4 Å². The largest absolute Gasteiger partial charge is 0.468 e. The van der Waals surface area contributed by atoms with Gasteiger partial charge in [0, 0.05) is 19.6 Å². The van der Waals surface area contributed by atoms with Crippen LogP contribution in [0.3, 0.4) is 0 Å². The monoisotopic (exact) mass is 258 g/mol. The van der Waals surface area contributed by atoms with Gasteiger partial charge in [-0.1, -0.05) is 0 Å². The molecule has 0 bridgehead atoms. The minimum Gasteiger partial charge on any atom is -0.468 e. The first kappa shape index (κ1) is 15.4. The molecule has 0 saturated carbocycles. The third-order valence-corrected chi connectivity index (χ3v) is 3.21. The summed E-state index contributed by atoms with van der Waals surface area (Å²) in [5.74, 6) is -0.196. The molecule has 1 fully saturated rings. The van der Waals surface area contributed by atoms with Crippen molar-refractivity contribution in [1.29, 1.82) is 0 Å². The maximum absolute atomic E-state index is 11.5. The van der Waals surface area contributed by atoms with Gasteiger partial charge in [-0.2, -0.15) is 0 Å². The summed E-state index contributed by atoms with van der Waals surface area (Å²) in [7, 11) is 3.21. The van der Waals surface area contributed by atoms with Crippen molar-refractivity contribution in [3.8, 4) is 0 Å². The molecule has 1 aliphatic rings. The lowest BCUT2D eigenvalue weighted by molar-refractivity contribution is -0.144. The molecule has 0 spiro atoms. The molecule has 1 N–H and O–H groups in total. The van der Waals surface area contributed by atoms with E-state index in [1.165, 1.54) is 7.11 Å². The quantitative estimate of drug-likeness (QED) is 0.733. The van der Waals surface area contributed by atoms with E-state index in [4.69, 9.17) is 9.47 Å². The molecule has 1 saturated heterocycles. The number of nitrogens with one attached hydrogen (secondary N) is 1. The molecule has 5 nitrogen and oxygen atoms in total. The van der Waals surface area contributed by atoms with Crippen molar-refractivity contribution in [3.63, 3.8) is 0 Å². The van der Waals surface area contributed by atoms with Crippen LogP contribution < -0.4 is 5.32 Å². The average molecular weight is 258 g/mol. The lowest BCUT2D eigenvalue weighted by Gasteiger charge is -2.42. The summed E-state index contributed by atoms with van der Waals surface area (Å²) < 4.78 is 10.6. The molecule has 0 aliphatic carbocycles. The third-order valence-electron chi connectivity index (χ3n) is 3.21. The molecule has 0 aromatic carbocycles. The molecule has 5 heteroatoms. The zero-order valence-corrected chi connectivity index (χ0v) is 12.2. The van der Waals surface area contributed by atoms with Crippen molar-refractivity contribution < 1.29 is 14.3 Å². The summed E-state index contributed by atoms with van der Waals surface area (Å²) in [4.78, 5) is 13.8. The minimum absolute atomic E-state index is 0.113. The topological polar surface area (TPSA) is 50.8 Å². The minimum atomic E-state index is -0.226.